The van der Waals surface area contributed by atoms with E-state index in [0.717, 1.165) is 35.5 Å². The molecule has 4 fully saturated rings. The van der Waals surface area contributed by atoms with Crippen molar-refractivity contribution in [3.05, 3.63) is 65.4 Å². The molecular formula is C52H64F2N10O8. The summed E-state index contributed by atoms with van der Waals surface area (Å²) in [6.45, 7) is 10.9. The molecule has 9 rings (SSSR count). The van der Waals surface area contributed by atoms with Gasteiger partial charge in [-0.05, 0) is 82.7 Å². The van der Waals surface area contributed by atoms with Gasteiger partial charge in [0, 0.05) is 87.4 Å². The molecule has 1 aliphatic carbocycles. The highest BCUT2D eigenvalue weighted by Crippen LogP contribution is 2.43. The summed E-state index contributed by atoms with van der Waals surface area (Å²) in [4.78, 5) is 107. The number of amides is 7. The minimum absolute atomic E-state index is 0.0454. The van der Waals surface area contributed by atoms with Gasteiger partial charge in [-0.3, -0.25) is 48.7 Å². The van der Waals surface area contributed by atoms with Crippen LogP contribution in [0.4, 0.5) is 37.3 Å². The minimum atomic E-state index is -3.56. The van der Waals surface area contributed by atoms with Gasteiger partial charge in [-0.25, -0.2) is 4.98 Å². The van der Waals surface area contributed by atoms with E-state index < -0.39 is 53.5 Å². The average Bonchev–Trinajstić information content (AvgIpc) is 3.97. The molecule has 18 nitrogen and oxygen atoms in total. The first-order chi connectivity index (χ1) is 34.2. The van der Waals surface area contributed by atoms with Crippen LogP contribution in [0.2, 0.25) is 0 Å². The Bertz CT molecular complexity index is 2690. The molecule has 0 radical (unpaired) electrons. The molecule has 1 atom stereocenters. The third-order valence-corrected chi connectivity index (χ3v) is 15.5. The first-order valence-corrected chi connectivity index (χ1v) is 25.0. The molecule has 7 amide bonds. The number of piperidine rings is 2. The lowest BCUT2D eigenvalue weighted by Gasteiger charge is -2.48. The van der Waals surface area contributed by atoms with E-state index in [-0.39, 0.29) is 53.4 Å². The smallest absolute Gasteiger partial charge is 0.342 e. The molecule has 6 aliphatic rings. The van der Waals surface area contributed by atoms with Gasteiger partial charge in [0.25, 0.3) is 23.6 Å². The first kappa shape index (κ1) is 50.2. The number of piperazine rings is 1. The van der Waals surface area contributed by atoms with Crippen LogP contribution in [0, 0.1) is 5.41 Å². The van der Waals surface area contributed by atoms with Crippen molar-refractivity contribution in [1.82, 2.24) is 30.3 Å². The fourth-order valence-electron chi connectivity index (χ4n) is 11.8. The van der Waals surface area contributed by atoms with Crippen molar-refractivity contribution in [2.24, 2.45) is 5.41 Å². The molecular weight excluding hydrogens is 931 g/mol. The van der Waals surface area contributed by atoms with Gasteiger partial charge in [0.05, 0.1) is 53.7 Å². The Morgan fingerprint density at radius 2 is 1.57 bits per heavy atom. The van der Waals surface area contributed by atoms with E-state index in [9.17, 15) is 33.6 Å². The van der Waals surface area contributed by atoms with Gasteiger partial charge in [-0.15, -0.1) is 0 Å². The zero-order valence-corrected chi connectivity index (χ0v) is 41.8. The van der Waals surface area contributed by atoms with Crippen LogP contribution in [0.3, 0.4) is 0 Å². The maximum absolute atomic E-state index is 15.1. The van der Waals surface area contributed by atoms with Gasteiger partial charge in [0.2, 0.25) is 17.7 Å². The Kier molecular flexibility index (Phi) is 13.5. The number of hydrogen-bond acceptors (Lipinski definition) is 13. The van der Waals surface area contributed by atoms with Gasteiger partial charge in [-0.1, -0.05) is 32.8 Å². The normalized spacial score (nSPS) is 21.4. The number of pyridine rings is 1. The van der Waals surface area contributed by atoms with Crippen LogP contribution in [0.1, 0.15) is 117 Å². The van der Waals surface area contributed by atoms with E-state index in [0.29, 0.717) is 98.4 Å². The maximum atomic E-state index is 15.1. The molecule has 3 N–H and O–H groups in total. The number of nitrogens with zero attached hydrogens (tertiary/aromatic N) is 7. The van der Waals surface area contributed by atoms with E-state index in [4.69, 9.17) is 4.74 Å². The van der Waals surface area contributed by atoms with Crippen molar-refractivity contribution in [3.8, 4) is 5.75 Å². The molecule has 2 aromatic carbocycles. The lowest BCUT2D eigenvalue weighted by molar-refractivity contribution is -0.143. The number of benzene rings is 2. The number of anilines is 5. The number of alkyl halides is 2. The molecule has 72 heavy (non-hydrogen) atoms. The second kappa shape index (κ2) is 19.4. The van der Waals surface area contributed by atoms with Crippen molar-refractivity contribution < 1.29 is 47.1 Å². The van der Waals surface area contributed by atoms with Crippen molar-refractivity contribution in [3.63, 3.8) is 0 Å². The molecule has 3 saturated heterocycles. The highest BCUT2D eigenvalue weighted by Gasteiger charge is 2.49. The fraction of sp³-hybridized carbons (Fsp3) is 0.538. The second-order valence-corrected chi connectivity index (χ2v) is 21.3. The summed E-state index contributed by atoms with van der Waals surface area (Å²) >= 11 is 0. The molecule has 0 bridgehead atoms. The van der Waals surface area contributed by atoms with Crippen LogP contribution in [0.5, 0.6) is 5.75 Å². The summed E-state index contributed by atoms with van der Waals surface area (Å²) in [7, 11) is 2.83. The van der Waals surface area contributed by atoms with Crippen LogP contribution >= 0.6 is 0 Å². The van der Waals surface area contributed by atoms with E-state index >= 15 is 8.78 Å². The number of carbonyl (C=O) groups is 7. The Hall–Kier alpha value is -6.70. The predicted molar refractivity (Wildman–Crippen MR) is 265 cm³/mol. The van der Waals surface area contributed by atoms with Gasteiger partial charge >= 0.3 is 5.92 Å². The number of fused-ring (bicyclic) bond motifs is 2. The molecule has 1 saturated carbocycles. The topological polar surface area (TPSA) is 197 Å². The summed E-state index contributed by atoms with van der Waals surface area (Å²) in [5.74, 6) is -6.49. The van der Waals surface area contributed by atoms with E-state index in [1.165, 1.54) is 20.4 Å². The number of aromatic nitrogens is 1. The number of carbonyl (C=O) groups excluding carboxylic acids is 7. The molecule has 3 aromatic rings. The molecule has 0 spiro atoms. The van der Waals surface area contributed by atoms with E-state index in [2.05, 4.69) is 44.6 Å². The number of methoxy groups -OCH3 is 1. The van der Waals surface area contributed by atoms with Crippen molar-refractivity contribution in [2.75, 3.05) is 80.0 Å². The fourth-order valence-corrected chi connectivity index (χ4v) is 11.8. The molecule has 20 heteroatoms. The Labute approximate surface area is 417 Å². The summed E-state index contributed by atoms with van der Waals surface area (Å²) in [5, 5.41) is 8.61. The van der Waals surface area contributed by atoms with Crippen LogP contribution in [0.15, 0.2) is 48.7 Å². The van der Waals surface area contributed by atoms with Crippen molar-refractivity contribution in [1.29, 1.82) is 0 Å². The summed E-state index contributed by atoms with van der Waals surface area (Å²) in [6.07, 6.45) is 6.65. The number of halogens is 2. The zero-order chi connectivity index (χ0) is 51.4. The molecule has 5 aliphatic heterocycles. The van der Waals surface area contributed by atoms with Crippen molar-refractivity contribution >= 4 is 69.9 Å². The van der Waals surface area contributed by atoms with Crippen LogP contribution < -0.4 is 35.4 Å². The van der Waals surface area contributed by atoms with Crippen molar-refractivity contribution in [2.45, 2.75) is 115 Å². The number of rotatable bonds is 12. The molecule has 1 unspecified atom stereocenters. The number of ether oxygens (including phenoxy) is 1. The largest absolute Gasteiger partial charge is 0.495 e. The van der Waals surface area contributed by atoms with E-state index in [1.54, 1.807) is 41.3 Å². The third-order valence-electron chi connectivity index (χ3n) is 15.5. The Morgan fingerprint density at radius 3 is 2.25 bits per heavy atom. The SMILES string of the molecule is COc1cc(C(=O)NC2CCN(C(=O)C(C)(C)CC(C)(C)N3CCN(c4cccc5c4C(=O)N(C4CCC(=O)NC4=O)C5=O)CC3)CC2)ccc1Nc1cc2c(cn1)N(C)C(=O)C(F)(F)CN2C1CCCC1. The lowest BCUT2D eigenvalue weighted by Crippen LogP contribution is -2.57. The Morgan fingerprint density at radius 1 is 0.861 bits per heavy atom. The number of likely N-dealkylation sites (tertiary alicyclic amines) is 1. The molecule has 6 heterocycles. The van der Waals surface area contributed by atoms with Gasteiger partial charge in [-0.2, -0.15) is 8.78 Å². The molecule has 384 valence electrons. The number of imide groups is 2. The number of nitrogens with one attached hydrogen (secondary N) is 3. The van der Waals surface area contributed by atoms with Crippen LogP contribution in [-0.2, 0) is 19.2 Å². The zero-order valence-electron chi connectivity index (χ0n) is 41.8. The Balaban J connectivity index is 0.774. The van der Waals surface area contributed by atoms with Gasteiger partial charge < -0.3 is 35.0 Å². The maximum Gasteiger partial charge on any atom is 0.342 e. The monoisotopic (exact) mass is 994 g/mol. The summed E-state index contributed by atoms with van der Waals surface area (Å²) < 4.78 is 36.0. The average molecular weight is 995 g/mol. The lowest BCUT2D eigenvalue weighted by atomic mass is 9.77. The second-order valence-electron chi connectivity index (χ2n) is 21.3. The molecule has 1 aromatic heterocycles. The van der Waals surface area contributed by atoms with Crippen LogP contribution in [0.25, 0.3) is 0 Å². The summed E-state index contributed by atoms with van der Waals surface area (Å²) in [5.41, 5.74) is 1.75. The van der Waals surface area contributed by atoms with E-state index in [1.807, 2.05) is 24.8 Å². The predicted octanol–water partition coefficient (Wildman–Crippen LogP) is 5.33. The standard InChI is InChI=1S/C52H64F2N10O8/c1-50(2,29-51(3,4)62-24-22-60(23-25-62)36-13-9-12-34-43(36)47(69)64(46(34)68)37-16-17-42(65)58-45(37)67)48(70)61-20-18-32(19-21-61)56-44(66)31-14-15-35(40(26-31)72-6)57-41-27-38-39(28-55-41)59(5)49(71)52(53,54)30-63(38)33-10-7-8-11-33/h9,12-15,26-28,32-33,37H,7-8,10-11,16-25,29-30H2,1-6H3,(H,55,57)(H,56,66)(H,58,65,67). The first-order valence-electron chi connectivity index (χ1n) is 25.0. The van der Waals surface area contributed by atoms with Gasteiger partial charge in [0.1, 0.15) is 17.6 Å². The highest BCUT2D eigenvalue weighted by molar-refractivity contribution is 6.25. The quantitative estimate of drug-likeness (QED) is 0.197. The summed E-state index contributed by atoms with van der Waals surface area (Å²) in [6, 6.07) is 10.5. The highest BCUT2D eigenvalue weighted by atomic mass is 19.3. The number of hydrogen-bond donors (Lipinski definition) is 3. The van der Waals surface area contributed by atoms with Crippen LogP contribution in [-0.4, -0.2) is 151 Å². The third kappa shape index (κ3) is 9.56. The van der Waals surface area contributed by atoms with Gasteiger partial charge in [0.15, 0.2) is 0 Å². The minimum Gasteiger partial charge on any atom is -0.495 e.